The Morgan fingerprint density at radius 2 is 1.97 bits per heavy atom. The molecule has 38 heavy (non-hydrogen) atoms. The van der Waals surface area contributed by atoms with Gasteiger partial charge in [-0.05, 0) is 54.8 Å². The van der Waals surface area contributed by atoms with Crippen molar-refractivity contribution in [2.24, 2.45) is 5.92 Å². The van der Waals surface area contributed by atoms with Crippen molar-refractivity contribution in [2.45, 2.75) is 50.3 Å². The molecular formula is C28H22F4N2O4. The summed E-state index contributed by atoms with van der Waals surface area (Å²) in [6, 6.07) is 9.76. The summed E-state index contributed by atoms with van der Waals surface area (Å²) in [6.07, 6.45) is -2.37. The highest BCUT2D eigenvalue weighted by molar-refractivity contribution is 5.93. The summed E-state index contributed by atoms with van der Waals surface area (Å²) in [7, 11) is 0. The highest BCUT2D eigenvalue weighted by Gasteiger charge is 2.59. The lowest BCUT2D eigenvalue weighted by molar-refractivity contribution is -0.138. The van der Waals surface area contributed by atoms with E-state index in [2.05, 4.69) is 10.3 Å². The molecule has 0 bridgehead atoms. The van der Waals surface area contributed by atoms with Crippen molar-refractivity contribution in [3.05, 3.63) is 76.7 Å². The summed E-state index contributed by atoms with van der Waals surface area (Å²) in [5.41, 5.74) is 0.617. The number of aromatic nitrogens is 1. The van der Waals surface area contributed by atoms with Crippen LogP contribution in [0.1, 0.15) is 47.4 Å². The predicted molar refractivity (Wildman–Crippen MR) is 128 cm³/mol. The monoisotopic (exact) mass is 526 g/mol. The molecule has 3 aliphatic rings. The lowest BCUT2D eigenvalue weighted by atomic mass is 9.98. The minimum absolute atomic E-state index is 0.0136. The zero-order valence-corrected chi connectivity index (χ0v) is 20.0. The van der Waals surface area contributed by atoms with E-state index < -0.39 is 17.6 Å². The molecule has 0 unspecified atom stereocenters. The molecule has 196 valence electrons. The van der Waals surface area contributed by atoms with Gasteiger partial charge in [0, 0.05) is 48.4 Å². The summed E-state index contributed by atoms with van der Waals surface area (Å²) in [6.45, 7) is 0. The van der Waals surface area contributed by atoms with Crippen molar-refractivity contribution in [1.29, 1.82) is 0 Å². The van der Waals surface area contributed by atoms with E-state index in [4.69, 9.17) is 9.47 Å². The second-order valence-electron chi connectivity index (χ2n) is 9.80. The molecule has 3 aromatic rings. The van der Waals surface area contributed by atoms with E-state index in [0.29, 0.717) is 36.2 Å². The van der Waals surface area contributed by atoms with Crippen molar-refractivity contribution in [3.63, 3.8) is 0 Å². The van der Waals surface area contributed by atoms with E-state index in [1.807, 2.05) is 12.1 Å². The third-order valence-corrected chi connectivity index (χ3v) is 7.31. The van der Waals surface area contributed by atoms with Crippen LogP contribution in [0.15, 0.2) is 48.7 Å². The fourth-order valence-electron chi connectivity index (χ4n) is 5.41. The van der Waals surface area contributed by atoms with Crippen LogP contribution in [0.2, 0.25) is 0 Å². The van der Waals surface area contributed by atoms with Gasteiger partial charge in [-0.2, -0.15) is 13.2 Å². The van der Waals surface area contributed by atoms with E-state index in [1.54, 1.807) is 18.3 Å². The number of aryl methyl sites for hydroxylation is 1. The summed E-state index contributed by atoms with van der Waals surface area (Å²) in [5.74, 6) is 1.16. The average Bonchev–Trinajstić information content (AvgIpc) is 3.38. The molecule has 0 saturated heterocycles. The number of nitrogens with zero attached hydrogens (tertiary/aromatic N) is 1. The van der Waals surface area contributed by atoms with E-state index in [-0.39, 0.29) is 54.5 Å². The summed E-state index contributed by atoms with van der Waals surface area (Å²) in [5, 5.41) is 2.74. The van der Waals surface area contributed by atoms with Crippen molar-refractivity contribution in [2.75, 3.05) is 5.32 Å². The maximum absolute atomic E-state index is 13.3. The van der Waals surface area contributed by atoms with Crippen molar-refractivity contribution < 1.29 is 36.6 Å². The molecule has 1 aromatic heterocycles. The minimum Gasteiger partial charge on any atom is -0.489 e. The Bertz CT molecular complexity index is 1460. The quantitative estimate of drug-likeness (QED) is 0.383. The van der Waals surface area contributed by atoms with E-state index >= 15 is 0 Å². The fraction of sp³-hybridized carbons (Fsp3) is 0.321. The number of carbonyl (C=O) groups is 2. The minimum atomic E-state index is -4.69. The van der Waals surface area contributed by atoms with Crippen LogP contribution in [0.4, 0.5) is 23.4 Å². The molecule has 3 atom stereocenters. The molecule has 6 nitrogen and oxygen atoms in total. The number of nitrogens with one attached hydrogen (secondary N) is 1. The van der Waals surface area contributed by atoms with Gasteiger partial charge in [0.15, 0.2) is 0 Å². The molecule has 3 heterocycles. The Balaban J connectivity index is 1.10. The molecule has 1 amide bonds. The number of hydrogen-bond donors (Lipinski definition) is 1. The van der Waals surface area contributed by atoms with Gasteiger partial charge < -0.3 is 14.8 Å². The third kappa shape index (κ3) is 4.59. The Hall–Kier alpha value is -3.95. The third-order valence-electron chi connectivity index (χ3n) is 7.31. The maximum Gasteiger partial charge on any atom is 0.416 e. The number of amides is 1. The van der Waals surface area contributed by atoms with Crippen molar-refractivity contribution >= 4 is 17.5 Å². The average molecular weight is 526 g/mol. The van der Waals surface area contributed by atoms with Crippen LogP contribution < -0.4 is 14.8 Å². The smallest absolute Gasteiger partial charge is 0.416 e. The molecule has 1 fully saturated rings. The molecule has 1 saturated carbocycles. The van der Waals surface area contributed by atoms with Crippen LogP contribution in [0.3, 0.4) is 0 Å². The first kappa shape index (κ1) is 24.4. The Morgan fingerprint density at radius 1 is 1.13 bits per heavy atom. The molecule has 6 rings (SSSR count). The van der Waals surface area contributed by atoms with Crippen LogP contribution in [0.5, 0.6) is 17.2 Å². The Kier molecular flexibility index (Phi) is 5.85. The van der Waals surface area contributed by atoms with Gasteiger partial charge in [-0.3, -0.25) is 9.59 Å². The van der Waals surface area contributed by atoms with Gasteiger partial charge in [0.05, 0.1) is 5.56 Å². The highest BCUT2D eigenvalue weighted by Crippen LogP contribution is 2.60. The van der Waals surface area contributed by atoms with Crippen molar-refractivity contribution in [3.8, 4) is 17.2 Å². The molecule has 0 radical (unpaired) electrons. The number of carbonyl (C=O) groups excluding carboxylic acids is 2. The zero-order chi connectivity index (χ0) is 26.6. The second-order valence-corrected chi connectivity index (χ2v) is 9.80. The van der Waals surface area contributed by atoms with Gasteiger partial charge in [0.1, 0.15) is 40.8 Å². The summed E-state index contributed by atoms with van der Waals surface area (Å²) in [4.78, 5) is 28.5. The number of ketones is 1. The standard InChI is InChI=1S/C28H22F4N2O4/c29-15-3-1-14(21(11-15)28(30,31)32)2-4-16(35)12-20-25-19-13-17(5-7-22(19)38-26(20)25)37-23-9-10-33-27-18(23)6-8-24(36)34-27/h1,3,5,7,9-11,13,20,25-26H,2,4,6,8,12H2,(H,33,34,36)/t20-,25-,26+/m0/s1. The second kappa shape index (κ2) is 9.11. The molecule has 0 spiro atoms. The molecular weight excluding hydrogens is 504 g/mol. The van der Waals surface area contributed by atoms with Gasteiger partial charge in [-0.15, -0.1) is 0 Å². The first-order valence-electron chi connectivity index (χ1n) is 12.3. The van der Waals surface area contributed by atoms with Gasteiger partial charge in [-0.1, -0.05) is 6.07 Å². The lowest BCUT2D eigenvalue weighted by Gasteiger charge is -2.19. The number of alkyl halides is 3. The normalized spacial score (nSPS) is 21.1. The number of hydrogen-bond acceptors (Lipinski definition) is 5. The van der Waals surface area contributed by atoms with Crippen LogP contribution >= 0.6 is 0 Å². The predicted octanol–water partition coefficient (Wildman–Crippen LogP) is 5.98. The maximum atomic E-state index is 13.3. The number of fused-ring (bicyclic) bond motifs is 4. The van der Waals surface area contributed by atoms with Crippen LogP contribution in [0, 0.1) is 11.7 Å². The molecule has 1 aliphatic carbocycles. The van der Waals surface area contributed by atoms with Crippen molar-refractivity contribution in [1.82, 2.24) is 4.98 Å². The van der Waals surface area contributed by atoms with Gasteiger partial charge in [0.25, 0.3) is 0 Å². The number of anilines is 1. The van der Waals surface area contributed by atoms with E-state index in [0.717, 1.165) is 29.0 Å². The Morgan fingerprint density at radius 3 is 2.79 bits per heavy atom. The lowest BCUT2D eigenvalue weighted by Crippen LogP contribution is -2.20. The number of halogens is 4. The zero-order valence-electron chi connectivity index (χ0n) is 20.0. The van der Waals surface area contributed by atoms with E-state index in [9.17, 15) is 27.2 Å². The van der Waals surface area contributed by atoms with Crippen LogP contribution in [-0.4, -0.2) is 22.8 Å². The topological polar surface area (TPSA) is 77.5 Å². The number of pyridine rings is 1. The van der Waals surface area contributed by atoms with Crippen LogP contribution in [0.25, 0.3) is 0 Å². The first-order valence-corrected chi connectivity index (χ1v) is 12.3. The number of Topliss-reactive ketones (excluding diaryl/α,β-unsaturated/α-hetero) is 1. The Labute approximate surface area is 215 Å². The van der Waals surface area contributed by atoms with Gasteiger partial charge in [-0.25, -0.2) is 9.37 Å². The largest absolute Gasteiger partial charge is 0.489 e. The van der Waals surface area contributed by atoms with Gasteiger partial charge >= 0.3 is 6.18 Å². The molecule has 2 aliphatic heterocycles. The fourth-order valence-corrected chi connectivity index (χ4v) is 5.41. The molecule has 10 heteroatoms. The van der Waals surface area contributed by atoms with Gasteiger partial charge in [0.2, 0.25) is 5.91 Å². The number of ether oxygens (including phenoxy) is 2. The summed E-state index contributed by atoms with van der Waals surface area (Å²) >= 11 is 0. The SMILES string of the molecule is O=C(CCc1ccc(F)cc1C(F)(F)F)C[C@@H]1[C@H]2Oc3ccc(Oc4ccnc5c4CCC(=O)N5)cc3[C@@H]12. The molecule has 1 N–H and O–H groups in total. The highest BCUT2D eigenvalue weighted by atomic mass is 19.4. The van der Waals surface area contributed by atoms with Crippen LogP contribution in [-0.2, 0) is 28.6 Å². The summed E-state index contributed by atoms with van der Waals surface area (Å²) < 4.78 is 65.2. The van der Waals surface area contributed by atoms with E-state index in [1.165, 1.54) is 0 Å². The first-order chi connectivity index (χ1) is 18.2. The number of benzene rings is 2. The number of rotatable bonds is 7. The molecule has 2 aromatic carbocycles.